The summed E-state index contributed by atoms with van der Waals surface area (Å²) in [4.78, 5) is 12.1. The SMILES string of the molecule is CCCCCCc1ccc(-c2nc(-c3ccc(OC)cc3)c(-c3c[nH]c4ccccc34)[nH]2)cc1. The Balaban J connectivity index is 1.53. The summed E-state index contributed by atoms with van der Waals surface area (Å²) in [5.41, 5.74) is 7.72. The van der Waals surface area contributed by atoms with Gasteiger partial charge in [0.25, 0.3) is 0 Å². The molecule has 0 radical (unpaired) electrons. The fourth-order valence-electron chi connectivity index (χ4n) is 4.53. The van der Waals surface area contributed by atoms with Crippen molar-refractivity contribution in [3.63, 3.8) is 0 Å². The molecule has 4 nitrogen and oxygen atoms in total. The van der Waals surface area contributed by atoms with E-state index >= 15 is 0 Å². The summed E-state index contributed by atoms with van der Waals surface area (Å²) >= 11 is 0. The molecule has 0 aliphatic carbocycles. The van der Waals surface area contributed by atoms with Gasteiger partial charge < -0.3 is 14.7 Å². The van der Waals surface area contributed by atoms with Crippen molar-refractivity contribution in [2.75, 3.05) is 7.11 Å². The van der Waals surface area contributed by atoms with Crippen LogP contribution in [-0.4, -0.2) is 22.1 Å². The van der Waals surface area contributed by atoms with Crippen LogP contribution in [0.3, 0.4) is 0 Å². The van der Waals surface area contributed by atoms with Crippen LogP contribution in [0.1, 0.15) is 38.2 Å². The molecule has 172 valence electrons. The quantitative estimate of drug-likeness (QED) is 0.224. The highest BCUT2D eigenvalue weighted by atomic mass is 16.5. The number of ether oxygens (including phenoxy) is 1. The Morgan fingerprint density at radius 2 is 1.59 bits per heavy atom. The second-order valence-electron chi connectivity index (χ2n) is 8.79. The number of nitrogens with zero attached hydrogens (tertiary/aromatic N) is 1. The molecule has 5 aromatic rings. The van der Waals surface area contributed by atoms with Crippen LogP contribution < -0.4 is 4.74 Å². The molecule has 2 N–H and O–H groups in total. The number of aromatic amines is 2. The topological polar surface area (TPSA) is 53.7 Å². The highest BCUT2D eigenvalue weighted by Gasteiger charge is 2.18. The molecule has 34 heavy (non-hydrogen) atoms. The molecule has 0 aliphatic heterocycles. The number of nitrogens with one attached hydrogen (secondary N) is 2. The minimum Gasteiger partial charge on any atom is -0.497 e. The molecule has 2 aromatic heterocycles. The molecule has 0 atom stereocenters. The first-order valence-electron chi connectivity index (χ1n) is 12.2. The van der Waals surface area contributed by atoms with Gasteiger partial charge in [-0.2, -0.15) is 0 Å². The number of imidazole rings is 1. The van der Waals surface area contributed by atoms with Crippen molar-refractivity contribution in [2.45, 2.75) is 39.0 Å². The van der Waals surface area contributed by atoms with Gasteiger partial charge >= 0.3 is 0 Å². The van der Waals surface area contributed by atoms with Gasteiger partial charge in [0.1, 0.15) is 11.6 Å². The van der Waals surface area contributed by atoms with Gasteiger partial charge in [-0.25, -0.2) is 4.98 Å². The van der Waals surface area contributed by atoms with Crippen molar-refractivity contribution < 1.29 is 4.74 Å². The summed E-state index contributed by atoms with van der Waals surface area (Å²) in [6, 6.07) is 25.3. The molecule has 3 aromatic carbocycles. The number of hydrogen-bond donors (Lipinski definition) is 2. The minimum atomic E-state index is 0.836. The molecular formula is C30H31N3O. The van der Waals surface area contributed by atoms with Gasteiger partial charge in [0.05, 0.1) is 18.5 Å². The minimum absolute atomic E-state index is 0.836. The molecule has 0 fully saturated rings. The summed E-state index contributed by atoms with van der Waals surface area (Å²) in [5.74, 6) is 1.71. The lowest BCUT2D eigenvalue weighted by Gasteiger charge is -2.04. The van der Waals surface area contributed by atoms with Crippen LogP contribution >= 0.6 is 0 Å². The van der Waals surface area contributed by atoms with Gasteiger partial charge in [-0.15, -0.1) is 0 Å². The molecule has 0 spiro atoms. The van der Waals surface area contributed by atoms with Gasteiger partial charge in [-0.1, -0.05) is 68.7 Å². The van der Waals surface area contributed by atoms with Crippen LogP contribution in [0.2, 0.25) is 0 Å². The van der Waals surface area contributed by atoms with Crippen LogP contribution in [0.15, 0.2) is 79.0 Å². The highest BCUT2D eigenvalue weighted by Crippen LogP contribution is 2.37. The molecule has 0 saturated carbocycles. The Kier molecular flexibility index (Phi) is 6.48. The van der Waals surface area contributed by atoms with Crippen molar-refractivity contribution >= 4 is 10.9 Å². The van der Waals surface area contributed by atoms with Gasteiger partial charge in [0, 0.05) is 33.8 Å². The third-order valence-corrected chi connectivity index (χ3v) is 6.47. The Bertz CT molecular complexity index is 1360. The summed E-state index contributed by atoms with van der Waals surface area (Å²) < 4.78 is 5.36. The van der Waals surface area contributed by atoms with Gasteiger partial charge in [0.15, 0.2) is 0 Å². The summed E-state index contributed by atoms with van der Waals surface area (Å²) in [7, 11) is 1.69. The zero-order valence-corrected chi connectivity index (χ0v) is 19.9. The van der Waals surface area contributed by atoms with E-state index in [0.29, 0.717) is 0 Å². The number of aromatic nitrogens is 3. The zero-order valence-electron chi connectivity index (χ0n) is 19.9. The average Bonchev–Trinajstić information content (AvgIpc) is 3.52. The third kappa shape index (κ3) is 4.49. The predicted molar refractivity (Wildman–Crippen MR) is 141 cm³/mol. The molecule has 0 unspecified atom stereocenters. The summed E-state index contributed by atoms with van der Waals surface area (Å²) in [5, 5.41) is 1.18. The van der Waals surface area contributed by atoms with Crippen LogP contribution in [0.4, 0.5) is 0 Å². The monoisotopic (exact) mass is 449 g/mol. The number of methoxy groups -OCH3 is 1. The highest BCUT2D eigenvalue weighted by molar-refractivity contribution is 5.98. The van der Waals surface area contributed by atoms with Crippen molar-refractivity contribution in [1.29, 1.82) is 0 Å². The molecule has 0 aliphatic rings. The second-order valence-corrected chi connectivity index (χ2v) is 8.79. The van der Waals surface area contributed by atoms with Gasteiger partial charge in [0.2, 0.25) is 0 Å². The van der Waals surface area contributed by atoms with Gasteiger partial charge in [-0.05, 0) is 48.7 Å². The van der Waals surface area contributed by atoms with E-state index < -0.39 is 0 Å². The smallest absolute Gasteiger partial charge is 0.138 e. The number of fused-ring (bicyclic) bond motifs is 1. The predicted octanol–water partition coefficient (Wildman–Crippen LogP) is 8.02. The Hall–Kier alpha value is -3.79. The molecular weight excluding hydrogens is 418 g/mol. The van der Waals surface area contributed by atoms with E-state index in [1.54, 1.807) is 7.11 Å². The Morgan fingerprint density at radius 1 is 0.824 bits per heavy atom. The normalized spacial score (nSPS) is 11.2. The fourth-order valence-corrected chi connectivity index (χ4v) is 4.53. The van der Waals surface area contributed by atoms with Crippen LogP contribution in [-0.2, 0) is 6.42 Å². The first-order valence-corrected chi connectivity index (χ1v) is 12.2. The summed E-state index contributed by atoms with van der Waals surface area (Å²) in [6.07, 6.45) is 8.34. The van der Waals surface area contributed by atoms with E-state index in [0.717, 1.165) is 51.6 Å². The fraction of sp³-hybridized carbons (Fsp3) is 0.233. The number of para-hydroxylation sites is 1. The number of unbranched alkanes of at least 4 members (excludes halogenated alkanes) is 3. The van der Waals surface area contributed by atoms with Crippen LogP contribution in [0.5, 0.6) is 5.75 Å². The zero-order chi connectivity index (χ0) is 23.3. The first kappa shape index (κ1) is 22.0. The number of benzene rings is 3. The van der Waals surface area contributed by atoms with E-state index in [2.05, 4.69) is 83.8 Å². The summed E-state index contributed by atoms with van der Waals surface area (Å²) in [6.45, 7) is 2.25. The van der Waals surface area contributed by atoms with Crippen molar-refractivity contribution in [1.82, 2.24) is 15.0 Å². The van der Waals surface area contributed by atoms with E-state index in [9.17, 15) is 0 Å². The number of H-pyrrole nitrogens is 2. The Labute approximate surface area is 201 Å². The van der Waals surface area contributed by atoms with Crippen LogP contribution in [0.25, 0.3) is 44.8 Å². The van der Waals surface area contributed by atoms with Crippen molar-refractivity contribution in [3.8, 4) is 39.7 Å². The first-order chi connectivity index (χ1) is 16.8. The lowest BCUT2D eigenvalue weighted by atomic mass is 10.0. The maximum absolute atomic E-state index is 5.36. The van der Waals surface area contributed by atoms with Crippen LogP contribution in [0, 0.1) is 0 Å². The third-order valence-electron chi connectivity index (χ3n) is 6.47. The maximum Gasteiger partial charge on any atom is 0.138 e. The second kappa shape index (κ2) is 10.0. The van der Waals surface area contributed by atoms with Gasteiger partial charge in [-0.3, -0.25) is 0 Å². The number of hydrogen-bond acceptors (Lipinski definition) is 2. The lowest BCUT2D eigenvalue weighted by molar-refractivity contribution is 0.415. The molecule has 0 amide bonds. The Morgan fingerprint density at radius 3 is 2.35 bits per heavy atom. The molecule has 0 bridgehead atoms. The van der Waals surface area contributed by atoms with E-state index in [1.807, 2.05) is 12.1 Å². The number of rotatable bonds is 9. The molecule has 4 heteroatoms. The molecule has 5 rings (SSSR count). The standard InChI is InChI=1S/C30H31N3O/c1-3-4-5-6-9-21-12-14-23(15-13-21)30-32-28(22-16-18-24(34-2)19-17-22)29(33-30)26-20-31-27-11-8-7-10-25(26)27/h7-8,10-20,31H,3-6,9H2,1-2H3,(H,32,33). The maximum atomic E-state index is 5.36. The van der Waals surface area contributed by atoms with Crippen molar-refractivity contribution in [3.05, 3.63) is 84.6 Å². The van der Waals surface area contributed by atoms with E-state index in [1.165, 1.54) is 36.6 Å². The largest absolute Gasteiger partial charge is 0.497 e. The number of aryl methyl sites for hydroxylation is 1. The molecule has 2 heterocycles. The van der Waals surface area contributed by atoms with E-state index in [-0.39, 0.29) is 0 Å². The lowest BCUT2D eigenvalue weighted by Crippen LogP contribution is -1.87. The van der Waals surface area contributed by atoms with E-state index in [4.69, 9.17) is 9.72 Å². The molecule has 0 saturated heterocycles. The average molecular weight is 450 g/mol. The van der Waals surface area contributed by atoms with Crippen molar-refractivity contribution in [2.24, 2.45) is 0 Å².